The quantitative estimate of drug-likeness (QED) is 0.653. The van der Waals surface area contributed by atoms with E-state index in [1.54, 1.807) is 6.92 Å². The van der Waals surface area contributed by atoms with Gasteiger partial charge in [-0.25, -0.2) is 8.42 Å². The maximum absolute atomic E-state index is 12.8. The van der Waals surface area contributed by atoms with Crippen LogP contribution < -0.4 is 5.56 Å². The number of aromatic hydroxyl groups is 1. The SMILES string of the molecule is Cc1c(C=Nc2cccc3ccccc23)c(O)n([C@@H]2CCS(=O)(=O)C2)c(=O)c1C#N. The average molecular weight is 421 g/mol. The molecular weight excluding hydrogens is 402 g/mol. The van der Waals surface area contributed by atoms with Crippen molar-refractivity contribution in [1.29, 1.82) is 5.26 Å². The second-order valence-corrected chi connectivity index (χ2v) is 9.57. The van der Waals surface area contributed by atoms with Crippen LogP contribution in [0.25, 0.3) is 10.8 Å². The zero-order valence-corrected chi connectivity index (χ0v) is 17.1. The van der Waals surface area contributed by atoms with Gasteiger partial charge in [0, 0.05) is 11.6 Å². The zero-order chi connectivity index (χ0) is 21.5. The van der Waals surface area contributed by atoms with E-state index in [9.17, 15) is 23.6 Å². The molecule has 4 rings (SSSR count). The van der Waals surface area contributed by atoms with E-state index >= 15 is 0 Å². The molecule has 1 N–H and O–H groups in total. The van der Waals surface area contributed by atoms with Crippen molar-refractivity contribution in [2.24, 2.45) is 4.99 Å². The number of nitriles is 1. The van der Waals surface area contributed by atoms with Crippen LogP contribution in [-0.2, 0) is 9.84 Å². The largest absolute Gasteiger partial charge is 0.494 e. The van der Waals surface area contributed by atoms with Crippen molar-refractivity contribution in [2.45, 2.75) is 19.4 Å². The van der Waals surface area contributed by atoms with Gasteiger partial charge in [-0.15, -0.1) is 0 Å². The van der Waals surface area contributed by atoms with Crippen LogP contribution in [0.3, 0.4) is 0 Å². The van der Waals surface area contributed by atoms with Gasteiger partial charge in [0.2, 0.25) is 5.88 Å². The standard InChI is InChI=1S/C22H19N3O4S/c1-14-18(11-23)21(26)25(16-9-10-30(28,29)13-16)22(27)19(14)12-24-20-8-4-6-15-5-2-3-7-17(15)20/h2-8,12,16,27H,9-10,13H2,1H3/t16-/m1/s1. The molecule has 0 spiro atoms. The fourth-order valence-electron chi connectivity index (χ4n) is 3.87. The summed E-state index contributed by atoms with van der Waals surface area (Å²) in [5.74, 6) is -0.671. The highest BCUT2D eigenvalue weighted by Crippen LogP contribution is 2.31. The third-order valence-corrected chi connectivity index (χ3v) is 7.22. The lowest BCUT2D eigenvalue weighted by atomic mass is 10.0. The summed E-state index contributed by atoms with van der Waals surface area (Å²) in [7, 11) is -3.29. The Labute approximate surface area is 173 Å². The molecule has 1 aromatic heterocycles. The maximum atomic E-state index is 12.8. The molecule has 8 heteroatoms. The number of fused-ring (bicyclic) bond motifs is 1. The lowest BCUT2D eigenvalue weighted by Crippen LogP contribution is -2.29. The fourth-order valence-corrected chi connectivity index (χ4v) is 5.57. The van der Waals surface area contributed by atoms with E-state index in [-0.39, 0.29) is 34.9 Å². The topological polar surface area (TPSA) is 113 Å². The van der Waals surface area contributed by atoms with Crippen molar-refractivity contribution in [3.05, 3.63) is 69.5 Å². The molecule has 2 aromatic carbocycles. The van der Waals surface area contributed by atoms with E-state index in [0.717, 1.165) is 15.3 Å². The normalized spacial score (nSPS) is 18.1. The van der Waals surface area contributed by atoms with Gasteiger partial charge in [-0.3, -0.25) is 14.4 Å². The van der Waals surface area contributed by atoms with Crippen molar-refractivity contribution < 1.29 is 13.5 Å². The van der Waals surface area contributed by atoms with Gasteiger partial charge in [0.05, 0.1) is 28.8 Å². The van der Waals surface area contributed by atoms with Crippen LogP contribution >= 0.6 is 0 Å². The summed E-state index contributed by atoms with van der Waals surface area (Å²) in [6.45, 7) is 1.57. The van der Waals surface area contributed by atoms with Crippen molar-refractivity contribution >= 4 is 32.5 Å². The van der Waals surface area contributed by atoms with Crippen molar-refractivity contribution in [3.8, 4) is 11.9 Å². The second-order valence-electron chi connectivity index (χ2n) is 7.34. The number of benzene rings is 2. The van der Waals surface area contributed by atoms with Gasteiger partial charge in [0.1, 0.15) is 11.6 Å². The highest BCUT2D eigenvalue weighted by molar-refractivity contribution is 7.91. The van der Waals surface area contributed by atoms with Crippen LogP contribution in [0.4, 0.5) is 5.69 Å². The first kappa shape index (κ1) is 19.9. The van der Waals surface area contributed by atoms with Crippen LogP contribution in [0.5, 0.6) is 5.88 Å². The molecule has 1 aliphatic heterocycles. The molecule has 1 saturated heterocycles. The molecule has 0 unspecified atom stereocenters. The van der Waals surface area contributed by atoms with Crippen LogP contribution in [-0.4, -0.2) is 35.8 Å². The summed E-state index contributed by atoms with van der Waals surface area (Å²) in [5.41, 5.74) is 0.393. The third kappa shape index (κ3) is 3.37. The van der Waals surface area contributed by atoms with E-state index < -0.39 is 21.4 Å². The summed E-state index contributed by atoms with van der Waals surface area (Å²) < 4.78 is 24.8. The molecule has 2 heterocycles. The summed E-state index contributed by atoms with van der Waals surface area (Å²) in [6, 6.07) is 14.6. The number of aliphatic imine (C=N–C) groups is 1. The predicted molar refractivity (Wildman–Crippen MR) is 115 cm³/mol. The van der Waals surface area contributed by atoms with E-state index in [1.807, 2.05) is 48.5 Å². The van der Waals surface area contributed by atoms with E-state index in [0.29, 0.717) is 11.3 Å². The summed E-state index contributed by atoms with van der Waals surface area (Å²) in [6.07, 6.45) is 1.64. The molecule has 0 bridgehead atoms. The molecule has 30 heavy (non-hydrogen) atoms. The van der Waals surface area contributed by atoms with Gasteiger partial charge >= 0.3 is 0 Å². The number of hydrogen-bond acceptors (Lipinski definition) is 6. The lowest BCUT2D eigenvalue weighted by molar-refractivity contribution is 0.379. The minimum Gasteiger partial charge on any atom is -0.494 e. The number of hydrogen-bond donors (Lipinski definition) is 1. The molecule has 0 aliphatic carbocycles. The van der Waals surface area contributed by atoms with Gasteiger partial charge in [-0.2, -0.15) is 5.26 Å². The first-order valence-corrected chi connectivity index (χ1v) is 11.2. The Balaban J connectivity index is 1.88. The fraction of sp³-hybridized carbons (Fsp3) is 0.227. The number of pyridine rings is 1. The first-order valence-electron chi connectivity index (χ1n) is 9.43. The highest BCUT2D eigenvalue weighted by atomic mass is 32.2. The Morgan fingerprint density at radius 2 is 1.97 bits per heavy atom. The number of nitrogens with zero attached hydrogens (tertiary/aromatic N) is 3. The summed E-state index contributed by atoms with van der Waals surface area (Å²) in [5, 5.41) is 22.3. The van der Waals surface area contributed by atoms with Gasteiger partial charge in [0.15, 0.2) is 9.84 Å². The Bertz CT molecular complexity index is 1390. The Kier molecular flexibility index (Phi) is 4.92. The Morgan fingerprint density at radius 3 is 2.67 bits per heavy atom. The molecule has 0 amide bonds. The minimum atomic E-state index is -3.29. The zero-order valence-electron chi connectivity index (χ0n) is 16.2. The van der Waals surface area contributed by atoms with Gasteiger partial charge in [0.25, 0.3) is 5.56 Å². The summed E-state index contributed by atoms with van der Waals surface area (Å²) >= 11 is 0. The van der Waals surface area contributed by atoms with Crippen molar-refractivity contribution in [1.82, 2.24) is 4.57 Å². The summed E-state index contributed by atoms with van der Waals surface area (Å²) in [4.78, 5) is 17.3. The van der Waals surface area contributed by atoms with Crippen LogP contribution in [0.2, 0.25) is 0 Å². The number of rotatable bonds is 3. The molecule has 1 aliphatic rings. The smallest absolute Gasteiger partial charge is 0.271 e. The molecule has 0 radical (unpaired) electrons. The van der Waals surface area contributed by atoms with Crippen LogP contribution in [0, 0.1) is 18.3 Å². The van der Waals surface area contributed by atoms with E-state index in [4.69, 9.17) is 0 Å². The Morgan fingerprint density at radius 1 is 1.23 bits per heavy atom. The Hall–Kier alpha value is -3.44. The van der Waals surface area contributed by atoms with Crippen molar-refractivity contribution in [2.75, 3.05) is 11.5 Å². The predicted octanol–water partition coefficient (Wildman–Crippen LogP) is 3.00. The number of sulfone groups is 1. The van der Waals surface area contributed by atoms with Crippen LogP contribution in [0.15, 0.2) is 52.3 Å². The van der Waals surface area contributed by atoms with Gasteiger partial charge < -0.3 is 5.11 Å². The molecule has 1 fully saturated rings. The lowest BCUT2D eigenvalue weighted by Gasteiger charge is -2.18. The van der Waals surface area contributed by atoms with Gasteiger partial charge in [-0.1, -0.05) is 36.4 Å². The van der Waals surface area contributed by atoms with Crippen molar-refractivity contribution in [3.63, 3.8) is 0 Å². The van der Waals surface area contributed by atoms with Crippen LogP contribution in [0.1, 0.15) is 29.2 Å². The molecule has 7 nitrogen and oxygen atoms in total. The van der Waals surface area contributed by atoms with E-state index in [1.165, 1.54) is 6.21 Å². The van der Waals surface area contributed by atoms with E-state index in [2.05, 4.69) is 4.99 Å². The monoisotopic (exact) mass is 421 g/mol. The number of aromatic nitrogens is 1. The second kappa shape index (κ2) is 7.43. The average Bonchev–Trinajstić information content (AvgIpc) is 3.07. The third-order valence-electron chi connectivity index (χ3n) is 5.47. The first-order chi connectivity index (χ1) is 14.3. The minimum absolute atomic E-state index is 0.0568. The van der Waals surface area contributed by atoms with Gasteiger partial charge in [-0.05, 0) is 30.4 Å². The molecule has 3 aromatic rings. The maximum Gasteiger partial charge on any atom is 0.271 e. The molecule has 1 atom stereocenters. The molecule has 0 saturated carbocycles. The highest BCUT2D eigenvalue weighted by Gasteiger charge is 2.33. The molecule has 152 valence electrons. The molecular formula is C22H19N3O4S.